The molecule has 2 heterocycles. The number of amides is 3. The number of ether oxygens (including phenoxy) is 1. The smallest absolute Gasteiger partial charge is 0.507 e. The van der Waals surface area contributed by atoms with Gasteiger partial charge in [-0.1, -0.05) is 6.07 Å². The molecule has 1 aromatic heterocycles. The number of hydrazone groups is 1. The van der Waals surface area contributed by atoms with Gasteiger partial charge in [-0.25, -0.2) is 19.6 Å². The number of benzene rings is 3. The number of thiazole rings is 1. The molecule has 0 radical (unpaired) electrons. The minimum Gasteiger partial charge on any atom is -0.507 e. The van der Waals surface area contributed by atoms with Crippen molar-refractivity contribution in [2.45, 2.75) is 12.9 Å². The van der Waals surface area contributed by atoms with Crippen molar-refractivity contribution in [2.24, 2.45) is 5.10 Å². The first-order valence-electron chi connectivity index (χ1n) is 14.2. The van der Waals surface area contributed by atoms with E-state index in [9.17, 15) is 32.3 Å². The summed E-state index contributed by atoms with van der Waals surface area (Å²) in [6, 6.07) is 15.3. The quantitative estimate of drug-likeness (QED) is 0.0919. The molecule has 4 N–H and O–H groups in total. The standard InChI is InChI=1S/C31H29F4N7O4S.ClH/c32-22-2-1-3-24(15-22)39-30(45)38-23-6-4-20(5-7-23)29-37-25(19-47-29)17-41-10-12-42(13-11-41)18-28(44)40-36-16-21-14-26(8-9-27(21)43)46-31(33,34)35;/h1-9,14-16,19,43H,10-13,17-18H2,(H,40,44)(H2,38,39,45);1H/b36-16+;. The molecule has 254 valence electrons. The normalized spacial score (nSPS) is 13.9. The Kier molecular flexibility index (Phi) is 12.3. The van der Waals surface area contributed by atoms with Crippen LogP contribution in [0.1, 0.15) is 11.3 Å². The molecule has 11 nitrogen and oxygen atoms in total. The highest BCUT2D eigenvalue weighted by Gasteiger charge is 2.31. The fourth-order valence-corrected chi connectivity index (χ4v) is 5.47. The maximum atomic E-state index is 13.3. The number of nitrogens with zero attached hydrogens (tertiary/aromatic N) is 4. The summed E-state index contributed by atoms with van der Waals surface area (Å²) in [6.45, 7) is 3.40. The molecule has 0 atom stereocenters. The molecule has 0 spiro atoms. The highest BCUT2D eigenvalue weighted by molar-refractivity contribution is 7.13. The molecule has 1 aliphatic rings. The summed E-state index contributed by atoms with van der Waals surface area (Å²) in [4.78, 5) is 33.5. The Bertz CT molecular complexity index is 1730. The molecule has 1 saturated heterocycles. The molecule has 0 unspecified atom stereocenters. The number of nitrogens with one attached hydrogen (secondary N) is 3. The van der Waals surface area contributed by atoms with Gasteiger partial charge in [-0.2, -0.15) is 5.10 Å². The van der Waals surface area contributed by atoms with E-state index in [2.05, 4.69) is 30.8 Å². The van der Waals surface area contributed by atoms with Crippen LogP contribution in [0.15, 0.2) is 77.2 Å². The number of phenolic OH excluding ortho intramolecular Hbond substituents is 1. The number of hydrogen-bond donors (Lipinski definition) is 4. The van der Waals surface area contributed by atoms with Crippen LogP contribution in [0.3, 0.4) is 0 Å². The number of carbonyl (C=O) groups excluding carboxylic acids is 2. The first kappa shape index (κ1) is 36.1. The van der Waals surface area contributed by atoms with E-state index in [4.69, 9.17) is 4.98 Å². The van der Waals surface area contributed by atoms with E-state index in [0.29, 0.717) is 44.1 Å². The molecule has 3 amide bonds. The summed E-state index contributed by atoms with van der Waals surface area (Å²) < 4.78 is 54.5. The van der Waals surface area contributed by atoms with Crippen molar-refractivity contribution in [3.8, 4) is 22.1 Å². The Morgan fingerprint density at radius 2 is 1.69 bits per heavy atom. The van der Waals surface area contributed by atoms with Crippen molar-refractivity contribution >= 4 is 53.3 Å². The van der Waals surface area contributed by atoms with Crippen LogP contribution in [0, 0.1) is 5.82 Å². The second-order valence-electron chi connectivity index (χ2n) is 10.4. The molecule has 3 aromatic carbocycles. The maximum absolute atomic E-state index is 13.3. The average molecular weight is 708 g/mol. The van der Waals surface area contributed by atoms with Gasteiger partial charge in [0.05, 0.1) is 18.5 Å². The third kappa shape index (κ3) is 10.9. The topological polar surface area (TPSA) is 131 Å². The summed E-state index contributed by atoms with van der Waals surface area (Å²) >= 11 is 1.51. The van der Waals surface area contributed by atoms with Crippen LogP contribution in [0.4, 0.5) is 33.7 Å². The highest BCUT2D eigenvalue weighted by atomic mass is 35.5. The molecule has 0 saturated carbocycles. The second-order valence-corrected chi connectivity index (χ2v) is 11.3. The lowest BCUT2D eigenvalue weighted by Crippen LogP contribution is -2.48. The molecule has 1 fully saturated rings. The lowest BCUT2D eigenvalue weighted by Gasteiger charge is -2.33. The molecule has 0 bridgehead atoms. The molecule has 4 aromatic rings. The first-order valence-corrected chi connectivity index (χ1v) is 15.1. The molecule has 0 aliphatic carbocycles. The van der Waals surface area contributed by atoms with E-state index in [0.717, 1.165) is 40.7 Å². The Hall–Kier alpha value is -4.77. The van der Waals surface area contributed by atoms with Gasteiger partial charge in [0.25, 0.3) is 5.91 Å². The van der Waals surface area contributed by atoms with Crippen molar-refractivity contribution in [3.63, 3.8) is 0 Å². The van der Waals surface area contributed by atoms with Gasteiger partial charge in [0, 0.05) is 60.6 Å². The minimum absolute atomic E-state index is 0. The average Bonchev–Trinajstić information content (AvgIpc) is 3.48. The summed E-state index contributed by atoms with van der Waals surface area (Å²) in [5, 5.41) is 21.7. The largest absolute Gasteiger partial charge is 0.573 e. The summed E-state index contributed by atoms with van der Waals surface area (Å²) in [5.41, 5.74) is 5.00. The number of urea groups is 1. The molecule has 5 rings (SSSR count). The summed E-state index contributed by atoms with van der Waals surface area (Å²) in [5.74, 6) is -1.70. The van der Waals surface area contributed by atoms with Crippen LogP contribution in [0.2, 0.25) is 0 Å². The van der Waals surface area contributed by atoms with Gasteiger partial charge >= 0.3 is 12.4 Å². The van der Waals surface area contributed by atoms with Crippen molar-refractivity contribution in [2.75, 3.05) is 43.4 Å². The van der Waals surface area contributed by atoms with Gasteiger partial charge in [0.1, 0.15) is 22.3 Å². The fraction of sp³-hybridized carbons (Fsp3) is 0.226. The Labute approximate surface area is 282 Å². The number of hydrogen-bond acceptors (Lipinski definition) is 9. The number of aromatic hydroxyl groups is 1. The number of halogens is 5. The Balaban J connectivity index is 0.00000520. The molecule has 17 heteroatoms. The van der Waals surface area contributed by atoms with Gasteiger partial charge in [0.2, 0.25) is 0 Å². The van der Waals surface area contributed by atoms with Crippen molar-refractivity contribution in [1.82, 2.24) is 20.2 Å². The molecule has 48 heavy (non-hydrogen) atoms. The van der Waals surface area contributed by atoms with E-state index >= 15 is 0 Å². The predicted molar refractivity (Wildman–Crippen MR) is 176 cm³/mol. The lowest BCUT2D eigenvalue weighted by atomic mass is 10.2. The number of carbonyl (C=O) groups is 2. The van der Waals surface area contributed by atoms with Gasteiger partial charge in [-0.3, -0.25) is 14.6 Å². The zero-order chi connectivity index (χ0) is 33.4. The zero-order valence-corrected chi connectivity index (χ0v) is 26.7. The van der Waals surface area contributed by atoms with E-state index in [1.54, 1.807) is 18.2 Å². The van der Waals surface area contributed by atoms with Crippen LogP contribution >= 0.6 is 23.7 Å². The second kappa shape index (κ2) is 16.4. The third-order valence-electron chi connectivity index (χ3n) is 6.87. The number of aromatic nitrogens is 1. The van der Waals surface area contributed by atoms with Crippen molar-refractivity contribution in [1.29, 1.82) is 0 Å². The van der Waals surface area contributed by atoms with Crippen LogP contribution in [-0.4, -0.2) is 77.1 Å². The van der Waals surface area contributed by atoms with Crippen molar-refractivity contribution in [3.05, 3.63) is 89.2 Å². The van der Waals surface area contributed by atoms with Crippen LogP contribution < -0.4 is 20.8 Å². The first-order chi connectivity index (χ1) is 22.5. The third-order valence-corrected chi connectivity index (χ3v) is 7.81. The van der Waals surface area contributed by atoms with E-state index in [1.165, 1.54) is 29.5 Å². The monoisotopic (exact) mass is 707 g/mol. The lowest BCUT2D eigenvalue weighted by molar-refractivity contribution is -0.274. The zero-order valence-electron chi connectivity index (χ0n) is 25.0. The van der Waals surface area contributed by atoms with Crippen LogP contribution in [0.25, 0.3) is 10.6 Å². The van der Waals surface area contributed by atoms with E-state index < -0.39 is 29.9 Å². The van der Waals surface area contributed by atoms with Crippen LogP contribution in [-0.2, 0) is 11.3 Å². The van der Waals surface area contributed by atoms with Gasteiger partial charge < -0.3 is 20.5 Å². The highest BCUT2D eigenvalue weighted by Crippen LogP contribution is 2.28. The maximum Gasteiger partial charge on any atom is 0.573 e. The van der Waals surface area contributed by atoms with Gasteiger partial charge in [-0.05, 0) is 60.7 Å². The molecular formula is C31H30ClF4N7O4S. The summed E-state index contributed by atoms with van der Waals surface area (Å²) in [7, 11) is 0. The Morgan fingerprint density at radius 1 is 0.979 bits per heavy atom. The molecular weight excluding hydrogens is 678 g/mol. The number of rotatable bonds is 10. The Morgan fingerprint density at radius 3 is 2.40 bits per heavy atom. The van der Waals surface area contributed by atoms with Gasteiger partial charge in [-0.15, -0.1) is 36.9 Å². The fourth-order valence-electron chi connectivity index (χ4n) is 4.65. The summed E-state index contributed by atoms with van der Waals surface area (Å²) in [6.07, 6.45) is -3.84. The van der Waals surface area contributed by atoms with E-state index in [-0.39, 0.29) is 30.3 Å². The number of alkyl halides is 3. The van der Waals surface area contributed by atoms with E-state index in [1.807, 2.05) is 22.4 Å². The number of phenols is 1. The minimum atomic E-state index is -4.88. The molecule has 1 aliphatic heterocycles. The number of anilines is 2. The number of piperazine rings is 1. The van der Waals surface area contributed by atoms with Crippen LogP contribution in [0.5, 0.6) is 11.5 Å². The predicted octanol–water partition coefficient (Wildman–Crippen LogP) is 5.89. The SMILES string of the molecule is Cl.O=C(CN1CCN(Cc2csc(-c3ccc(NC(=O)Nc4cccc(F)c4)cc3)n2)CC1)N/N=C/c1cc(OC(F)(F)F)ccc1O. The van der Waals surface area contributed by atoms with Crippen molar-refractivity contribution < 1.29 is 37.0 Å². The van der Waals surface area contributed by atoms with Gasteiger partial charge in [0.15, 0.2) is 0 Å².